The van der Waals surface area contributed by atoms with E-state index in [0.717, 1.165) is 36.9 Å². The maximum absolute atomic E-state index is 12.4. The van der Waals surface area contributed by atoms with Gasteiger partial charge in [0, 0.05) is 36.9 Å². The lowest BCUT2D eigenvalue weighted by molar-refractivity contribution is 0.102. The van der Waals surface area contributed by atoms with E-state index in [-0.39, 0.29) is 11.6 Å². The van der Waals surface area contributed by atoms with Gasteiger partial charge in [-0.25, -0.2) is 4.98 Å². The van der Waals surface area contributed by atoms with E-state index in [0.29, 0.717) is 23.1 Å². The van der Waals surface area contributed by atoms with E-state index in [2.05, 4.69) is 20.1 Å². The molecule has 1 aromatic heterocycles. The molecule has 0 spiro atoms. The second kappa shape index (κ2) is 8.86. The summed E-state index contributed by atoms with van der Waals surface area (Å²) in [5.41, 5.74) is 1.92. The molecule has 0 atom stereocenters. The number of benzene rings is 2. The molecule has 0 bridgehead atoms. The van der Waals surface area contributed by atoms with Crippen LogP contribution in [0.1, 0.15) is 16.4 Å². The number of para-hydroxylation sites is 1. The Labute approximate surface area is 179 Å². The van der Waals surface area contributed by atoms with E-state index >= 15 is 0 Å². The van der Waals surface area contributed by atoms with Crippen molar-refractivity contribution in [2.75, 3.05) is 36.4 Å². The molecule has 3 aromatic rings. The molecule has 29 heavy (non-hydrogen) atoms. The summed E-state index contributed by atoms with van der Waals surface area (Å²) in [6.45, 7) is 4.01. The normalized spacial score (nSPS) is 14.8. The number of anilines is 2. The first-order valence-corrected chi connectivity index (χ1v) is 10.1. The molecule has 0 unspecified atom stereocenters. The number of carbonyl (C=O) groups excluding carboxylic acids is 1. The van der Waals surface area contributed by atoms with Crippen LogP contribution in [0, 0.1) is 0 Å². The van der Waals surface area contributed by atoms with Gasteiger partial charge in [-0.3, -0.25) is 9.69 Å². The number of rotatable bonds is 5. The lowest BCUT2D eigenvalue weighted by Gasteiger charge is -2.35. The highest BCUT2D eigenvalue weighted by Gasteiger charge is 2.21. The third-order valence-electron chi connectivity index (χ3n) is 4.79. The Kier molecular flexibility index (Phi) is 6.04. The van der Waals surface area contributed by atoms with Crippen molar-refractivity contribution >= 4 is 40.5 Å². The van der Waals surface area contributed by atoms with Gasteiger partial charge in [-0.15, -0.1) is 0 Å². The van der Waals surface area contributed by atoms with Crippen molar-refractivity contribution in [3.05, 3.63) is 76.4 Å². The standard InChI is InChI=1S/C21H20Cl2N4O2/c22-15-4-3-5-16(12-15)24-21(28)18-14-29-20(25-18)13-26-8-10-27(11-9-26)19-7-2-1-6-17(19)23/h1-7,12,14H,8-11,13H2,(H,24,28). The van der Waals surface area contributed by atoms with Gasteiger partial charge in [0.2, 0.25) is 5.89 Å². The highest BCUT2D eigenvalue weighted by atomic mass is 35.5. The van der Waals surface area contributed by atoms with Crippen molar-refractivity contribution in [2.24, 2.45) is 0 Å². The van der Waals surface area contributed by atoms with Gasteiger partial charge in [-0.05, 0) is 30.3 Å². The monoisotopic (exact) mass is 430 g/mol. The number of piperazine rings is 1. The van der Waals surface area contributed by atoms with Gasteiger partial charge in [0.25, 0.3) is 5.91 Å². The number of nitrogens with one attached hydrogen (secondary N) is 1. The van der Waals surface area contributed by atoms with Crippen LogP contribution in [0.4, 0.5) is 11.4 Å². The molecule has 4 rings (SSSR count). The summed E-state index contributed by atoms with van der Waals surface area (Å²) in [5.74, 6) is 0.193. The van der Waals surface area contributed by atoms with Gasteiger partial charge in [0.15, 0.2) is 5.69 Å². The first kappa shape index (κ1) is 19.8. The summed E-state index contributed by atoms with van der Waals surface area (Å²) in [4.78, 5) is 21.2. The van der Waals surface area contributed by atoms with Crippen LogP contribution in [-0.2, 0) is 6.54 Å². The fourth-order valence-electron chi connectivity index (χ4n) is 3.30. The molecule has 1 saturated heterocycles. The number of halogens is 2. The summed E-state index contributed by atoms with van der Waals surface area (Å²) in [7, 11) is 0. The number of hydrogen-bond acceptors (Lipinski definition) is 5. The fraction of sp³-hybridized carbons (Fsp3) is 0.238. The maximum Gasteiger partial charge on any atom is 0.277 e. The van der Waals surface area contributed by atoms with Gasteiger partial charge < -0.3 is 14.6 Å². The van der Waals surface area contributed by atoms with Crippen LogP contribution < -0.4 is 10.2 Å². The Morgan fingerprint density at radius 1 is 1.07 bits per heavy atom. The van der Waals surface area contributed by atoms with Crippen molar-refractivity contribution < 1.29 is 9.21 Å². The van der Waals surface area contributed by atoms with E-state index < -0.39 is 0 Å². The molecule has 0 radical (unpaired) electrons. The highest BCUT2D eigenvalue weighted by Crippen LogP contribution is 2.26. The third-order valence-corrected chi connectivity index (χ3v) is 5.35. The summed E-state index contributed by atoms with van der Waals surface area (Å²) < 4.78 is 5.51. The maximum atomic E-state index is 12.4. The average molecular weight is 431 g/mol. The molecule has 8 heteroatoms. The van der Waals surface area contributed by atoms with Crippen LogP contribution >= 0.6 is 23.2 Å². The molecule has 1 aliphatic rings. The Hall–Kier alpha value is -2.54. The molecule has 0 aliphatic carbocycles. The van der Waals surface area contributed by atoms with Crippen LogP contribution in [0.2, 0.25) is 10.0 Å². The van der Waals surface area contributed by atoms with E-state index in [1.54, 1.807) is 24.3 Å². The van der Waals surface area contributed by atoms with E-state index in [1.165, 1.54) is 6.26 Å². The lowest BCUT2D eigenvalue weighted by Crippen LogP contribution is -2.46. The van der Waals surface area contributed by atoms with Crippen LogP contribution in [0.5, 0.6) is 0 Å². The number of nitrogens with zero attached hydrogens (tertiary/aromatic N) is 3. The zero-order chi connectivity index (χ0) is 20.2. The lowest BCUT2D eigenvalue weighted by atomic mass is 10.2. The Morgan fingerprint density at radius 3 is 2.62 bits per heavy atom. The minimum absolute atomic E-state index is 0.245. The zero-order valence-corrected chi connectivity index (χ0v) is 17.2. The Balaban J connectivity index is 1.32. The molecular weight excluding hydrogens is 411 g/mol. The zero-order valence-electron chi connectivity index (χ0n) is 15.6. The predicted octanol–water partition coefficient (Wildman–Crippen LogP) is 4.56. The number of aromatic nitrogens is 1. The number of amides is 1. The predicted molar refractivity (Wildman–Crippen MR) is 115 cm³/mol. The minimum atomic E-state index is -0.328. The molecule has 150 valence electrons. The van der Waals surface area contributed by atoms with Crippen LogP contribution in [0.25, 0.3) is 0 Å². The van der Waals surface area contributed by atoms with Gasteiger partial charge in [-0.1, -0.05) is 41.4 Å². The fourth-order valence-corrected chi connectivity index (χ4v) is 3.74. The Bertz CT molecular complexity index is 1000. The van der Waals surface area contributed by atoms with Crippen molar-refractivity contribution in [3.8, 4) is 0 Å². The van der Waals surface area contributed by atoms with Gasteiger partial charge in [0.05, 0.1) is 17.3 Å². The minimum Gasteiger partial charge on any atom is -0.447 e. The summed E-state index contributed by atoms with van der Waals surface area (Å²) in [6, 6.07) is 14.8. The first-order valence-electron chi connectivity index (χ1n) is 9.31. The number of hydrogen-bond donors (Lipinski definition) is 1. The number of carbonyl (C=O) groups is 1. The molecular formula is C21H20Cl2N4O2. The second-order valence-corrected chi connectivity index (χ2v) is 7.65. The van der Waals surface area contributed by atoms with Crippen LogP contribution in [0.3, 0.4) is 0 Å². The molecule has 2 aromatic carbocycles. The van der Waals surface area contributed by atoms with Gasteiger partial charge in [-0.2, -0.15) is 0 Å². The molecule has 0 saturated carbocycles. The smallest absolute Gasteiger partial charge is 0.277 e. The Morgan fingerprint density at radius 2 is 1.86 bits per heavy atom. The van der Waals surface area contributed by atoms with Gasteiger partial charge >= 0.3 is 0 Å². The number of oxazole rings is 1. The molecule has 1 aliphatic heterocycles. The summed E-state index contributed by atoms with van der Waals surface area (Å²) >= 11 is 12.2. The first-order chi connectivity index (χ1) is 14.1. The van der Waals surface area contributed by atoms with E-state index in [4.69, 9.17) is 27.6 Å². The SMILES string of the molecule is O=C(Nc1cccc(Cl)c1)c1coc(CN2CCN(c3ccccc3Cl)CC2)n1. The molecule has 1 fully saturated rings. The van der Waals surface area contributed by atoms with Crippen LogP contribution in [-0.4, -0.2) is 42.0 Å². The van der Waals surface area contributed by atoms with Gasteiger partial charge in [0.1, 0.15) is 6.26 Å². The highest BCUT2D eigenvalue weighted by molar-refractivity contribution is 6.33. The summed E-state index contributed by atoms with van der Waals surface area (Å²) in [5, 5.41) is 4.09. The second-order valence-electron chi connectivity index (χ2n) is 6.81. The molecule has 1 amide bonds. The van der Waals surface area contributed by atoms with Crippen molar-refractivity contribution in [1.82, 2.24) is 9.88 Å². The third kappa shape index (κ3) is 4.90. The van der Waals surface area contributed by atoms with E-state index in [9.17, 15) is 4.79 Å². The van der Waals surface area contributed by atoms with E-state index in [1.807, 2.05) is 24.3 Å². The summed E-state index contributed by atoms with van der Waals surface area (Å²) in [6.07, 6.45) is 1.38. The average Bonchev–Trinajstić information content (AvgIpc) is 3.18. The van der Waals surface area contributed by atoms with Crippen molar-refractivity contribution in [2.45, 2.75) is 6.54 Å². The largest absolute Gasteiger partial charge is 0.447 e. The van der Waals surface area contributed by atoms with Crippen molar-refractivity contribution in [3.63, 3.8) is 0 Å². The van der Waals surface area contributed by atoms with Crippen LogP contribution in [0.15, 0.2) is 59.2 Å². The topological polar surface area (TPSA) is 61.6 Å². The molecule has 1 N–H and O–H groups in total. The molecule has 6 nitrogen and oxygen atoms in total. The van der Waals surface area contributed by atoms with Crippen molar-refractivity contribution in [1.29, 1.82) is 0 Å². The quantitative estimate of drug-likeness (QED) is 0.642. The molecule has 2 heterocycles.